The molecule has 0 unspecified atom stereocenters. The molecule has 152 valence electrons. The minimum Gasteiger partial charge on any atom is -0.399 e. The predicted octanol–water partition coefficient (Wildman–Crippen LogP) is 5.15. The van der Waals surface area contributed by atoms with Gasteiger partial charge in [0.15, 0.2) is 11.6 Å². The van der Waals surface area contributed by atoms with E-state index in [1.165, 1.54) is 17.8 Å². The summed E-state index contributed by atoms with van der Waals surface area (Å²) < 4.78 is 7.11. The lowest BCUT2D eigenvalue weighted by atomic mass is 10.1. The van der Waals surface area contributed by atoms with Crippen molar-refractivity contribution in [2.45, 2.75) is 12.1 Å². The number of aromatic nitrogens is 3. The molecule has 0 fully saturated rings. The van der Waals surface area contributed by atoms with Crippen molar-refractivity contribution in [2.75, 3.05) is 0 Å². The molecule has 1 aliphatic rings. The zero-order valence-electron chi connectivity index (χ0n) is 16.3. The number of hydrogen-bond donors (Lipinski definition) is 0. The molecule has 0 radical (unpaired) electrons. The number of benzene rings is 2. The third-order valence-corrected chi connectivity index (χ3v) is 5.63. The number of rotatable bonds is 4. The second kappa shape index (κ2) is 7.69. The van der Waals surface area contributed by atoms with E-state index in [0.717, 1.165) is 21.6 Å². The average Bonchev–Trinajstić information content (AvgIpc) is 3.42. The molecule has 8 nitrogen and oxygen atoms in total. The number of nitro groups is 1. The lowest BCUT2D eigenvalue weighted by molar-refractivity contribution is -0.402. The molecular weight excluding hydrogens is 414 g/mol. The number of furan rings is 1. The normalized spacial score (nSPS) is 14.4. The molecule has 4 aromatic rings. The Balaban J connectivity index is 1.65. The molecule has 0 N–H and O–H groups in total. The smallest absolute Gasteiger partial charge is 0.399 e. The van der Waals surface area contributed by atoms with Crippen molar-refractivity contribution in [3.8, 4) is 11.4 Å². The van der Waals surface area contributed by atoms with Gasteiger partial charge in [0.2, 0.25) is 5.16 Å². The Kier molecular flexibility index (Phi) is 4.72. The number of thioether (sulfide) groups is 1. The number of allylic oxidation sites excluding steroid dienone is 1. The van der Waals surface area contributed by atoms with Gasteiger partial charge in [-0.25, -0.2) is 0 Å². The molecule has 0 amide bonds. The molecule has 0 saturated carbocycles. The number of hydrogen-bond acceptors (Lipinski definition) is 7. The molecule has 5 rings (SSSR count). The number of nitrogens with zero attached hydrogens (tertiary/aromatic N) is 5. The van der Waals surface area contributed by atoms with Gasteiger partial charge in [0, 0.05) is 10.5 Å². The van der Waals surface area contributed by atoms with Crippen LogP contribution >= 0.6 is 11.8 Å². The van der Waals surface area contributed by atoms with E-state index in [1.807, 2.05) is 67.6 Å². The molecule has 3 heterocycles. The molecule has 0 bridgehead atoms. The highest BCUT2D eigenvalue weighted by Crippen LogP contribution is 2.37. The Hall–Kier alpha value is -3.98. The van der Waals surface area contributed by atoms with Crippen LogP contribution in [0, 0.1) is 17.0 Å². The molecule has 2 aromatic heterocycles. The van der Waals surface area contributed by atoms with Crippen molar-refractivity contribution < 1.29 is 9.34 Å². The minimum absolute atomic E-state index is 0.301. The molecule has 0 saturated heterocycles. The third-order valence-electron chi connectivity index (χ3n) is 4.66. The SMILES string of the molecule is Cc1ccc(-c2nnc3n2N=C(c2ccc([N+](=O)[O-])o2)/C(=C/c2ccccc2)S3)cc1. The summed E-state index contributed by atoms with van der Waals surface area (Å²) in [6.45, 7) is 2.01. The molecule has 2 aromatic carbocycles. The van der Waals surface area contributed by atoms with E-state index in [-0.39, 0.29) is 5.88 Å². The van der Waals surface area contributed by atoms with E-state index < -0.39 is 4.92 Å². The summed E-state index contributed by atoms with van der Waals surface area (Å²) in [5, 5.41) is 25.1. The summed E-state index contributed by atoms with van der Waals surface area (Å²) >= 11 is 1.38. The standard InChI is InChI=1S/C22H15N5O3S/c1-14-7-9-16(10-8-14)21-23-24-22-26(21)25-20(17-11-12-19(30-17)27(28)29)18(31-22)13-15-5-3-2-4-6-15/h2-13H,1H3/b18-13-. The summed E-state index contributed by atoms with van der Waals surface area (Å²) in [6.07, 6.45) is 1.95. The summed E-state index contributed by atoms with van der Waals surface area (Å²) in [4.78, 5) is 11.3. The quantitative estimate of drug-likeness (QED) is 0.328. The van der Waals surface area contributed by atoms with E-state index in [1.54, 1.807) is 10.7 Å². The molecule has 31 heavy (non-hydrogen) atoms. The Morgan fingerprint density at radius 3 is 2.52 bits per heavy atom. The minimum atomic E-state index is -0.567. The first-order valence-corrected chi connectivity index (χ1v) is 10.2. The van der Waals surface area contributed by atoms with Gasteiger partial charge in [-0.1, -0.05) is 60.2 Å². The molecular formula is C22H15N5O3S. The van der Waals surface area contributed by atoms with E-state index in [9.17, 15) is 10.1 Å². The largest absolute Gasteiger partial charge is 0.433 e. The van der Waals surface area contributed by atoms with Gasteiger partial charge in [-0.2, -0.15) is 9.78 Å². The lowest BCUT2D eigenvalue weighted by Crippen LogP contribution is -2.12. The van der Waals surface area contributed by atoms with Gasteiger partial charge >= 0.3 is 5.88 Å². The Morgan fingerprint density at radius 1 is 1.03 bits per heavy atom. The summed E-state index contributed by atoms with van der Waals surface area (Å²) in [5.74, 6) is 0.547. The van der Waals surface area contributed by atoms with Crippen LogP contribution in [-0.4, -0.2) is 25.5 Å². The fraction of sp³-hybridized carbons (Fsp3) is 0.0455. The monoisotopic (exact) mass is 429 g/mol. The van der Waals surface area contributed by atoms with Crippen LogP contribution in [0.4, 0.5) is 5.88 Å². The number of fused-ring (bicyclic) bond motifs is 1. The zero-order chi connectivity index (χ0) is 21.4. The highest BCUT2D eigenvalue weighted by Gasteiger charge is 2.28. The number of aryl methyl sites for hydroxylation is 1. The summed E-state index contributed by atoms with van der Waals surface area (Å²) in [5.41, 5.74) is 3.44. The van der Waals surface area contributed by atoms with Crippen molar-refractivity contribution in [1.29, 1.82) is 0 Å². The topological polar surface area (TPSA) is 99.3 Å². The van der Waals surface area contributed by atoms with Crippen molar-refractivity contribution in [1.82, 2.24) is 14.9 Å². The highest BCUT2D eigenvalue weighted by molar-refractivity contribution is 8.04. The van der Waals surface area contributed by atoms with Gasteiger partial charge in [-0.3, -0.25) is 10.1 Å². The first kappa shape index (κ1) is 19.0. The molecule has 0 aliphatic carbocycles. The van der Waals surface area contributed by atoms with Crippen LogP contribution in [0.5, 0.6) is 0 Å². The van der Waals surface area contributed by atoms with E-state index >= 15 is 0 Å². The highest BCUT2D eigenvalue weighted by atomic mass is 32.2. The maximum absolute atomic E-state index is 11.1. The van der Waals surface area contributed by atoms with Crippen molar-refractivity contribution >= 4 is 29.4 Å². The first-order chi connectivity index (χ1) is 15.1. The molecule has 9 heteroatoms. The summed E-state index contributed by atoms with van der Waals surface area (Å²) in [6, 6.07) is 20.5. The first-order valence-electron chi connectivity index (χ1n) is 9.39. The van der Waals surface area contributed by atoms with Crippen LogP contribution in [0.3, 0.4) is 0 Å². The maximum atomic E-state index is 11.1. The van der Waals surface area contributed by atoms with E-state index in [0.29, 0.717) is 22.5 Å². The van der Waals surface area contributed by atoms with Gasteiger partial charge in [-0.05, 0) is 36.4 Å². The molecule has 1 aliphatic heterocycles. The summed E-state index contributed by atoms with van der Waals surface area (Å²) in [7, 11) is 0. The van der Waals surface area contributed by atoms with Gasteiger partial charge in [0.1, 0.15) is 10.6 Å². The molecule has 0 spiro atoms. The van der Waals surface area contributed by atoms with Crippen LogP contribution in [0.1, 0.15) is 16.9 Å². The molecule has 0 atom stereocenters. The second-order valence-electron chi connectivity index (χ2n) is 6.85. The van der Waals surface area contributed by atoms with E-state index in [2.05, 4.69) is 10.2 Å². The van der Waals surface area contributed by atoms with Crippen LogP contribution in [-0.2, 0) is 0 Å². The Morgan fingerprint density at radius 2 is 1.81 bits per heavy atom. The lowest BCUT2D eigenvalue weighted by Gasteiger charge is -2.15. The van der Waals surface area contributed by atoms with Crippen molar-refractivity contribution in [3.63, 3.8) is 0 Å². The van der Waals surface area contributed by atoms with Crippen molar-refractivity contribution in [3.05, 3.63) is 98.6 Å². The van der Waals surface area contributed by atoms with Gasteiger partial charge in [0.05, 0.1) is 6.07 Å². The Labute approximate surface area is 181 Å². The van der Waals surface area contributed by atoms with Crippen LogP contribution in [0.15, 0.2) is 86.3 Å². The fourth-order valence-electron chi connectivity index (χ4n) is 3.12. The zero-order valence-corrected chi connectivity index (χ0v) is 17.1. The Bertz CT molecular complexity index is 1340. The van der Waals surface area contributed by atoms with Crippen LogP contribution in [0.25, 0.3) is 17.5 Å². The van der Waals surface area contributed by atoms with Crippen LogP contribution < -0.4 is 0 Å². The predicted molar refractivity (Wildman–Crippen MR) is 118 cm³/mol. The van der Waals surface area contributed by atoms with Crippen molar-refractivity contribution in [2.24, 2.45) is 5.10 Å². The maximum Gasteiger partial charge on any atom is 0.433 e. The second-order valence-corrected chi connectivity index (χ2v) is 7.86. The van der Waals surface area contributed by atoms with Crippen LogP contribution in [0.2, 0.25) is 0 Å². The van der Waals surface area contributed by atoms with Gasteiger partial charge < -0.3 is 4.42 Å². The fourth-order valence-corrected chi connectivity index (χ4v) is 4.05. The van der Waals surface area contributed by atoms with E-state index in [4.69, 9.17) is 9.52 Å². The van der Waals surface area contributed by atoms with Gasteiger partial charge in [-0.15, -0.1) is 10.2 Å². The third kappa shape index (κ3) is 3.66. The van der Waals surface area contributed by atoms with Gasteiger partial charge in [0.25, 0.3) is 0 Å². The average molecular weight is 429 g/mol.